The predicted molar refractivity (Wildman–Crippen MR) is 99.9 cm³/mol. The molecule has 142 valence electrons. The van der Waals surface area contributed by atoms with E-state index in [1.54, 1.807) is 24.3 Å². The summed E-state index contributed by atoms with van der Waals surface area (Å²) in [7, 11) is 0. The van der Waals surface area contributed by atoms with Gasteiger partial charge in [-0.25, -0.2) is 0 Å². The van der Waals surface area contributed by atoms with Gasteiger partial charge in [-0.3, -0.25) is 14.5 Å². The van der Waals surface area contributed by atoms with E-state index >= 15 is 0 Å². The smallest absolute Gasteiger partial charge is 0.261 e. The molecule has 0 bridgehead atoms. The van der Waals surface area contributed by atoms with Crippen molar-refractivity contribution in [3.05, 3.63) is 71.5 Å². The highest BCUT2D eigenvalue weighted by atomic mass is 16.5. The van der Waals surface area contributed by atoms with Crippen LogP contribution in [0.25, 0.3) is 0 Å². The van der Waals surface area contributed by atoms with Gasteiger partial charge in [-0.1, -0.05) is 30.3 Å². The van der Waals surface area contributed by atoms with Crippen LogP contribution in [0, 0.1) is 0 Å². The Labute approximate surface area is 161 Å². The van der Waals surface area contributed by atoms with E-state index in [1.165, 1.54) is 9.70 Å². The van der Waals surface area contributed by atoms with Gasteiger partial charge >= 0.3 is 0 Å². The molecule has 8 nitrogen and oxygen atoms in total. The molecule has 0 spiro atoms. The fourth-order valence-electron chi connectivity index (χ4n) is 3.04. The minimum Gasteiger partial charge on any atom is -0.494 e. The third kappa shape index (κ3) is 3.75. The molecule has 0 N–H and O–H groups in total. The van der Waals surface area contributed by atoms with Crippen molar-refractivity contribution in [1.29, 1.82) is 0 Å². The molecule has 1 aliphatic rings. The molecule has 28 heavy (non-hydrogen) atoms. The van der Waals surface area contributed by atoms with Crippen molar-refractivity contribution in [1.82, 2.24) is 25.1 Å². The normalized spacial score (nSPS) is 13.1. The largest absolute Gasteiger partial charge is 0.494 e. The Kier molecular flexibility index (Phi) is 5.09. The maximum Gasteiger partial charge on any atom is 0.261 e. The first-order chi connectivity index (χ1) is 13.7. The number of fused-ring (bicyclic) bond motifs is 1. The maximum absolute atomic E-state index is 12.4. The number of carbonyl (C=O) groups excluding carboxylic acids is 2. The molecular formula is C20H19N5O3. The number of rotatable bonds is 8. The summed E-state index contributed by atoms with van der Waals surface area (Å²) in [6.07, 6.45) is 1.11. The first-order valence-electron chi connectivity index (χ1n) is 9.12. The van der Waals surface area contributed by atoms with Crippen molar-refractivity contribution in [2.24, 2.45) is 0 Å². The van der Waals surface area contributed by atoms with Crippen LogP contribution in [0.5, 0.6) is 5.75 Å². The quantitative estimate of drug-likeness (QED) is 0.440. The standard InChI is InChI=1S/C20H19N5O3/c26-19-16-9-4-5-10-17(16)20(27)24(19)13-11-18-21-23-25(22-18)12-6-14-28-15-7-2-1-3-8-15/h1-5,7-10H,6,11-14H2. The number of aromatic nitrogens is 4. The average Bonchev–Trinajstić information content (AvgIpc) is 3.28. The molecule has 1 aliphatic heterocycles. The molecule has 0 aliphatic carbocycles. The lowest BCUT2D eigenvalue weighted by atomic mass is 10.1. The minimum atomic E-state index is -0.272. The van der Waals surface area contributed by atoms with E-state index in [2.05, 4.69) is 15.4 Å². The summed E-state index contributed by atoms with van der Waals surface area (Å²) in [6.45, 7) is 1.36. The van der Waals surface area contributed by atoms with Crippen molar-refractivity contribution >= 4 is 11.8 Å². The Bertz CT molecular complexity index is 951. The van der Waals surface area contributed by atoms with Crippen molar-refractivity contribution in [3.63, 3.8) is 0 Å². The van der Waals surface area contributed by atoms with Crippen molar-refractivity contribution < 1.29 is 14.3 Å². The Hall–Kier alpha value is -3.55. The Morgan fingerprint density at radius 1 is 0.857 bits per heavy atom. The Morgan fingerprint density at radius 2 is 1.54 bits per heavy atom. The molecule has 8 heteroatoms. The molecule has 2 amide bonds. The SMILES string of the molecule is O=C1c2ccccc2C(=O)N1CCc1nnn(CCCOc2ccccc2)n1. The van der Waals surface area contributed by atoms with Gasteiger partial charge in [-0.05, 0) is 29.5 Å². The summed E-state index contributed by atoms with van der Waals surface area (Å²) >= 11 is 0. The summed E-state index contributed by atoms with van der Waals surface area (Å²) in [4.78, 5) is 27.5. The number of ether oxygens (including phenoxy) is 1. The number of hydrogen-bond donors (Lipinski definition) is 0. The lowest BCUT2D eigenvalue weighted by molar-refractivity contribution is 0.0655. The minimum absolute atomic E-state index is 0.231. The zero-order chi connectivity index (χ0) is 19.3. The zero-order valence-electron chi connectivity index (χ0n) is 15.2. The number of tetrazole rings is 1. The average molecular weight is 377 g/mol. The van der Waals surface area contributed by atoms with Gasteiger partial charge in [0, 0.05) is 19.4 Å². The van der Waals surface area contributed by atoms with Crippen LogP contribution in [-0.4, -0.2) is 50.1 Å². The van der Waals surface area contributed by atoms with E-state index in [9.17, 15) is 9.59 Å². The summed E-state index contributed by atoms with van der Waals surface area (Å²) in [5, 5.41) is 12.3. The second-order valence-corrected chi connectivity index (χ2v) is 6.37. The number of imide groups is 1. The van der Waals surface area contributed by atoms with Gasteiger partial charge in [0.1, 0.15) is 5.75 Å². The molecular weight excluding hydrogens is 358 g/mol. The van der Waals surface area contributed by atoms with Gasteiger partial charge < -0.3 is 4.74 Å². The predicted octanol–water partition coefficient (Wildman–Crippen LogP) is 1.98. The molecule has 0 saturated heterocycles. The van der Waals surface area contributed by atoms with Gasteiger partial charge in [0.25, 0.3) is 11.8 Å². The van der Waals surface area contributed by atoms with E-state index in [0.717, 1.165) is 12.2 Å². The van der Waals surface area contributed by atoms with Crippen molar-refractivity contribution in [2.45, 2.75) is 19.4 Å². The summed E-state index contributed by atoms with van der Waals surface area (Å²) in [5.41, 5.74) is 0.894. The summed E-state index contributed by atoms with van der Waals surface area (Å²) < 4.78 is 5.63. The van der Waals surface area contributed by atoms with Gasteiger partial charge in [0.15, 0.2) is 5.82 Å². The second-order valence-electron chi connectivity index (χ2n) is 6.37. The van der Waals surface area contributed by atoms with E-state index < -0.39 is 0 Å². The van der Waals surface area contributed by atoms with Crippen LogP contribution in [0.2, 0.25) is 0 Å². The topological polar surface area (TPSA) is 90.2 Å². The summed E-state index contributed by atoms with van der Waals surface area (Å²) in [5.74, 6) is 0.785. The maximum atomic E-state index is 12.4. The van der Waals surface area contributed by atoms with Gasteiger partial charge in [-0.2, -0.15) is 4.80 Å². The number of nitrogens with zero attached hydrogens (tertiary/aromatic N) is 5. The third-order valence-electron chi connectivity index (χ3n) is 4.45. The fraction of sp³-hybridized carbons (Fsp3) is 0.250. The second kappa shape index (κ2) is 7.99. The van der Waals surface area contributed by atoms with Gasteiger partial charge in [-0.15, -0.1) is 10.2 Å². The zero-order valence-corrected chi connectivity index (χ0v) is 15.2. The van der Waals surface area contributed by atoms with Crippen molar-refractivity contribution in [3.8, 4) is 5.75 Å². The highest BCUT2D eigenvalue weighted by Gasteiger charge is 2.34. The fourth-order valence-corrected chi connectivity index (χ4v) is 3.04. The van der Waals surface area contributed by atoms with Crippen LogP contribution in [-0.2, 0) is 13.0 Å². The van der Waals surface area contributed by atoms with Crippen LogP contribution < -0.4 is 4.74 Å². The summed E-state index contributed by atoms with van der Waals surface area (Å²) in [6, 6.07) is 16.4. The highest BCUT2D eigenvalue weighted by molar-refractivity contribution is 6.21. The molecule has 0 unspecified atom stereocenters. The lowest BCUT2D eigenvalue weighted by Crippen LogP contribution is -2.32. The van der Waals surface area contributed by atoms with Crippen LogP contribution in [0.4, 0.5) is 0 Å². The lowest BCUT2D eigenvalue weighted by Gasteiger charge is -2.11. The number of carbonyl (C=O) groups is 2. The third-order valence-corrected chi connectivity index (χ3v) is 4.45. The van der Waals surface area contributed by atoms with Crippen molar-refractivity contribution in [2.75, 3.05) is 13.2 Å². The van der Waals surface area contributed by atoms with Crippen LogP contribution in [0.1, 0.15) is 33.0 Å². The van der Waals surface area contributed by atoms with Gasteiger partial charge in [0.05, 0.1) is 24.3 Å². The van der Waals surface area contributed by atoms with E-state index in [4.69, 9.17) is 4.74 Å². The van der Waals surface area contributed by atoms with Gasteiger partial charge in [0.2, 0.25) is 0 Å². The molecule has 0 atom stereocenters. The Balaban J connectivity index is 1.25. The number of amides is 2. The molecule has 0 saturated carbocycles. The highest BCUT2D eigenvalue weighted by Crippen LogP contribution is 2.22. The molecule has 3 aromatic rings. The number of aryl methyl sites for hydroxylation is 1. The van der Waals surface area contributed by atoms with Crippen LogP contribution in [0.15, 0.2) is 54.6 Å². The van der Waals surface area contributed by atoms with E-state index in [0.29, 0.717) is 36.5 Å². The molecule has 2 heterocycles. The first-order valence-corrected chi connectivity index (χ1v) is 9.12. The molecule has 0 fully saturated rings. The first kappa shape index (κ1) is 17.8. The monoisotopic (exact) mass is 377 g/mol. The number of benzene rings is 2. The number of para-hydroxylation sites is 1. The van der Waals surface area contributed by atoms with E-state index in [-0.39, 0.29) is 18.4 Å². The molecule has 1 aromatic heterocycles. The van der Waals surface area contributed by atoms with Crippen LogP contribution in [0.3, 0.4) is 0 Å². The van der Waals surface area contributed by atoms with E-state index in [1.807, 2.05) is 30.3 Å². The Morgan fingerprint density at radius 3 is 2.25 bits per heavy atom. The van der Waals surface area contributed by atoms with Crippen LogP contribution >= 0.6 is 0 Å². The molecule has 2 aromatic carbocycles. The molecule has 0 radical (unpaired) electrons. The number of hydrogen-bond acceptors (Lipinski definition) is 6. The molecule has 4 rings (SSSR count).